The lowest BCUT2D eigenvalue weighted by molar-refractivity contribution is 0.0914. The number of fused-ring (bicyclic) bond motifs is 1. The molecule has 3 aromatic rings. The molecule has 142 valence electrons. The summed E-state index contributed by atoms with van der Waals surface area (Å²) in [5.74, 6) is 0.330. The Morgan fingerprint density at radius 3 is 2.70 bits per heavy atom. The molecule has 1 fully saturated rings. The normalized spacial score (nSPS) is 14.6. The number of pyridine rings is 1. The first-order chi connectivity index (χ1) is 13.2. The third-order valence-corrected chi connectivity index (χ3v) is 5.35. The Kier molecular flexibility index (Phi) is 6.34. The summed E-state index contributed by atoms with van der Waals surface area (Å²) in [5, 5.41) is 8.26. The molecular formula is C20H25N5OS. The van der Waals surface area contributed by atoms with Crippen LogP contribution in [0, 0.1) is 0 Å². The van der Waals surface area contributed by atoms with Gasteiger partial charge in [-0.1, -0.05) is 19.9 Å². The molecule has 0 aliphatic heterocycles. The van der Waals surface area contributed by atoms with Crippen molar-refractivity contribution in [3.63, 3.8) is 0 Å². The number of anilines is 1. The van der Waals surface area contributed by atoms with Crippen LogP contribution in [0.5, 0.6) is 0 Å². The lowest BCUT2D eigenvalue weighted by atomic mass is 9.93. The van der Waals surface area contributed by atoms with Gasteiger partial charge in [0.2, 0.25) is 5.95 Å². The zero-order valence-electron chi connectivity index (χ0n) is 15.9. The number of carbonyl (C=O) groups excluding carboxylic acids is 1. The fourth-order valence-electron chi connectivity index (χ4n) is 2.79. The fraction of sp³-hybridized carbons (Fsp3) is 0.400. The van der Waals surface area contributed by atoms with E-state index < -0.39 is 0 Å². The molecule has 4 rings (SSSR count). The number of rotatable bonds is 5. The van der Waals surface area contributed by atoms with Gasteiger partial charge in [0.15, 0.2) is 5.69 Å². The zero-order valence-corrected chi connectivity index (χ0v) is 16.7. The lowest BCUT2D eigenvalue weighted by Gasteiger charge is -2.26. The van der Waals surface area contributed by atoms with E-state index in [4.69, 9.17) is 0 Å². The van der Waals surface area contributed by atoms with E-state index in [1.54, 1.807) is 6.20 Å². The highest BCUT2D eigenvalue weighted by molar-refractivity contribution is 7.17. The number of thiophene rings is 1. The van der Waals surface area contributed by atoms with Gasteiger partial charge in [0.1, 0.15) is 0 Å². The molecule has 6 nitrogen and oxygen atoms in total. The number of hydrogen-bond acceptors (Lipinski definition) is 6. The number of nitrogens with zero attached hydrogens (tertiary/aromatic N) is 3. The van der Waals surface area contributed by atoms with Gasteiger partial charge in [0.05, 0.1) is 22.0 Å². The van der Waals surface area contributed by atoms with Crippen LogP contribution in [0.4, 0.5) is 5.95 Å². The molecule has 2 N–H and O–H groups in total. The Balaban J connectivity index is 0.00000102. The number of amides is 1. The van der Waals surface area contributed by atoms with E-state index in [0.29, 0.717) is 11.6 Å². The van der Waals surface area contributed by atoms with Crippen molar-refractivity contribution < 1.29 is 4.79 Å². The van der Waals surface area contributed by atoms with Crippen LogP contribution in [0.15, 0.2) is 35.8 Å². The van der Waals surface area contributed by atoms with Gasteiger partial charge < -0.3 is 10.6 Å². The number of nitrogens with one attached hydrogen (secondary N) is 2. The maximum Gasteiger partial charge on any atom is 0.271 e. The first kappa shape index (κ1) is 19.2. The molecule has 1 amide bonds. The largest absolute Gasteiger partial charge is 0.348 e. The second-order valence-corrected chi connectivity index (χ2v) is 7.17. The SMILES string of the molecule is CC.C[C@H](Nc1nc(C(=O)NC2CCC2)c2sccc2n1)c1ccccn1. The van der Waals surface area contributed by atoms with Crippen LogP contribution in [0.3, 0.4) is 0 Å². The fourth-order valence-corrected chi connectivity index (χ4v) is 3.61. The van der Waals surface area contributed by atoms with Crippen molar-refractivity contribution in [3.8, 4) is 0 Å². The molecule has 27 heavy (non-hydrogen) atoms. The van der Waals surface area contributed by atoms with Gasteiger partial charge in [-0.15, -0.1) is 11.3 Å². The summed E-state index contributed by atoms with van der Waals surface area (Å²) < 4.78 is 0.827. The van der Waals surface area contributed by atoms with Gasteiger partial charge in [0, 0.05) is 12.2 Å². The molecule has 1 saturated carbocycles. The number of aromatic nitrogens is 3. The van der Waals surface area contributed by atoms with Gasteiger partial charge in [-0.25, -0.2) is 9.97 Å². The Morgan fingerprint density at radius 2 is 2.04 bits per heavy atom. The summed E-state index contributed by atoms with van der Waals surface area (Å²) in [6, 6.07) is 7.92. The van der Waals surface area contributed by atoms with Gasteiger partial charge in [-0.05, 0) is 49.8 Å². The Hall–Kier alpha value is -2.54. The Bertz CT molecular complexity index is 892. The predicted molar refractivity (Wildman–Crippen MR) is 110 cm³/mol. The Labute approximate surface area is 163 Å². The second-order valence-electron chi connectivity index (χ2n) is 6.25. The molecule has 0 aromatic carbocycles. The van der Waals surface area contributed by atoms with Crippen molar-refractivity contribution in [2.75, 3.05) is 5.32 Å². The average molecular weight is 384 g/mol. The van der Waals surface area contributed by atoms with Gasteiger partial charge >= 0.3 is 0 Å². The average Bonchev–Trinajstić information content (AvgIpc) is 3.14. The third-order valence-electron chi connectivity index (χ3n) is 4.44. The summed E-state index contributed by atoms with van der Waals surface area (Å²) in [6.45, 7) is 6.00. The molecule has 0 radical (unpaired) electrons. The van der Waals surface area contributed by atoms with Crippen molar-refractivity contribution in [1.29, 1.82) is 0 Å². The van der Waals surface area contributed by atoms with E-state index in [-0.39, 0.29) is 18.0 Å². The summed E-state index contributed by atoms with van der Waals surface area (Å²) in [6.07, 6.45) is 5.03. The molecule has 1 atom stereocenters. The van der Waals surface area contributed by atoms with Crippen LogP contribution in [-0.2, 0) is 0 Å². The van der Waals surface area contributed by atoms with Gasteiger partial charge in [0.25, 0.3) is 5.91 Å². The molecule has 1 aliphatic rings. The van der Waals surface area contributed by atoms with Crippen LogP contribution in [0.25, 0.3) is 10.2 Å². The molecule has 0 unspecified atom stereocenters. The van der Waals surface area contributed by atoms with Crippen LogP contribution in [-0.4, -0.2) is 26.9 Å². The minimum absolute atomic E-state index is 0.0557. The maximum atomic E-state index is 12.6. The summed E-state index contributed by atoms with van der Waals surface area (Å²) in [7, 11) is 0. The molecule has 3 aromatic heterocycles. The van der Waals surface area contributed by atoms with E-state index in [0.717, 1.165) is 28.8 Å². The van der Waals surface area contributed by atoms with Crippen LogP contribution in [0.1, 0.15) is 62.3 Å². The molecular weight excluding hydrogens is 358 g/mol. The van der Waals surface area contributed by atoms with Gasteiger partial charge in [-0.2, -0.15) is 0 Å². The molecule has 0 spiro atoms. The van der Waals surface area contributed by atoms with Crippen LogP contribution in [0.2, 0.25) is 0 Å². The molecule has 0 saturated heterocycles. The smallest absolute Gasteiger partial charge is 0.271 e. The van der Waals surface area contributed by atoms with E-state index in [2.05, 4.69) is 25.6 Å². The Morgan fingerprint density at radius 1 is 1.22 bits per heavy atom. The van der Waals surface area contributed by atoms with E-state index in [1.165, 1.54) is 17.8 Å². The summed E-state index contributed by atoms with van der Waals surface area (Å²) >= 11 is 1.49. The maximum absolute atomic E-state index is 12.6. The predicted octanol–water partition coefficient (Wildman–Crippen LogP) is 4.57. The minimum Gasteiger partial charge on any atom is -0.348 e. The first-order valence-electron chi connectivity index (χ1n) is 9.44. The van der Waals surface area contributed by atoms with Gasteiger partial charge in [-0.3, -0.25) is 9.78 Å². The second kappa shape index (κ2) is 8.90. The topological polar surface area (TPSA) is 79.8 Å². The molecule has 1 aliphatic carbocycles. The zero-order chi connectivity index (χ0) is 19.2. The van der Waals surface area contributed by atoms with Crippen LogP contribution >= 0.6 is 11.3 Å². The van der Waals surface area contributed by atoms with Crippen molar-refractivity contribution in [2.24, 2.45) is 0 Å². The molecule has 7 heteroatoms. The van der Waals surface area contributed by atoms with E-state index in [1.807, 2.05) is 50.4 Å². The quantitative estimate of drug-likeness (QED) is 0.675. The van der Waals surface area contributed by atoms with Crippen molar-refractivity contribution in [1.82, 2.24) is 20.3 Å². The van der Waals surface area contributed by atoms with Crippen molar-refractivity contribution in [3.05, 3.63) is 47.2 Å². The monoisotopic (exact) mass is 383 g/mol. The van der Waals surface area contributed by atoms with Crippen LogP contribution < -0.4 is 10.6 Å². The standard InChI is InChI=1S/C18H19N5OS.C2H6/c1-11(13-7-2-3-9-19-13)20-18-22-14-8-10-25-16(14)15(23-18)17(24)21-12-5-4-6-12;1-2/h2-3,7-12H,4-6H2,1H3,(H,21,24)(H,20,22,23);1-2H3/t11-;/m0./s1. The minimum atomic E-state index is -0.118. The summed E-state index contributed by atoms with van der Waals surface area (Å²) in [5.41, 5.74) is 2.13. The highest BCUT2D eigenvalue weighted by Crippen LogP contribution is 2.26. The molecule has 0 bridgehead atoms. The summed E-state index contributed by atoms with van der Waals surface area (Å²) in [4.78, 5) is 26.0. The van der Waals surface area contributed by atoms with E-state index >= 15 is 0 Å². The van der Waals surface area contributed by atoms with Crippen molar-refractivity contribution in [2.45, 2.75) is 52.1 Å². The van der Waals surface area contributed by atoms with E-state index in [9.17, 15) is 4.79 Å². The molecule has 3 heterocycles. The third kappa shape index (κ3) is 4.42. The lowest BCUT2D eigenvalue weighted by Crippen LogP contribution is -2.39. The first-order valence-corrected chi connectivity index (χ1v) is 10.3. The number of carbonyl (C=O) groups is 1. The van der Waals surface area contributed by atoms with Crippen molar-refractivity contribution >= 4 is 33.4 Å². The highest BCUT2D eigenvalue weighted by Gasteiger charge is 2.23. The highest BCUT2D eigenvalue weighted by atomic mass is 32.1. The number of hydrogen-bond donors (Lipinski definition) is 2.